The molecule has 3 N–H and O–H groups in total. The first kappa shape index (κ1) is 25.0. The molecule has 180 valence electrons. The Bertz CT molecular complexity index is 1370. The van der Waals surface area contributed by atoms with Crippen LogP contribution in [-0.4, -0.2) is 32.7 Å². The van der Waals surface area contributed by atoms with Gasteiger partial charge in [-0.2, -0.15) is 0 Å². The second kappa shape index (κ2) is 11.1. The van der Waals surface area contributed by atoms with Gasteiger partial charge in [-0.05, 0) is 35.6 Å². The van der Waals surface area contributed by atoms with E-state index in [1.807, 2.05) is 56.3 Å². The lowest BCUT2D eigenvalue weighted by Crippen LogP contribution is -2.32. The van der Waals surface area contributed by atoms with E-state index in [-0.39, 0.29) is 28.5 Å². The van der Waals surface area contributed by atoms with Crippen molar-refractivity contribution in [1.82, 2.24) is 20.5 Å². The maximum atomic E-state index is 12.8. The van der Waals surface area contributed by atoms with Gasteiger partial charge in [0, 0.05) is 16.1 Å². The molecule has 0 saturated heterocycles. The summed E-state index contributed by atoms with van der Waals surface area (Å²) in [6.45, 7) is 3.92. The Hall–Kier alpha value is -3.07. The zero-order valence-electron chi connectivity index (χ0n) is 19.0. The smallest absolute Gasteiger partial charge is 0.253 e. The molecule has 1 aromatic heterocycles. The lowest BCUT2D eigenvalue weighted by atomic mass is 10.0. The highest BCUT2D eigenvalue weighted by atomic mass is 35.5. The van der Waals surface area contributed by atoms with Crippen molar-refractivity contribution in [3.63, 3.8) is 0 Å². The minimum absolute atomic E-state index is 0.0190. The zero-order valence-corrected chi connectivity index (χ0v) is 21.3. The number of benzene rings is 3. The minimum atomic E-state index is -0.430. The van der Waals surface area contributed by atoms with Crippen LogP contribution in [0.5, 0.6) is 0 Å². The van der Waals surface area contributed by atoms with Crippen molar-refractivity contribution >= 4 is 63.2 Å². The molecule has 1 heterocycles. The van der Waals surface area contributed by atoms with Crippen LogP contribution in [-0.2, 0) is 4.79 Å². The molecule has 4 rings (SSSR count). The molecule has 0 fully saturated rings. The molecule has 0 radical (unpaired) electrons. The number of halogens is 2. The summed E-state index contributed by atoms with van der Waals surface area (Å²) < 4.78 is 0. The predicted octanol–water partition coefficient (Wildman–Crippen LogP) is 6.12. The molecule has 0 aliphatic rings. The first-order valence-electron chi connectivity index (χ1n) is 10.9. The van der Waals surface area contributed by atoms with Crippen LogP contribution < -0.4 is 10.6 Å². The highest BCUT2D eigenvalue weighted by Gasteiger charge is 2.24. The number of hydrogen-bond acceptors (Lipinski definition) is 5. The molecule has 0 bridgehead atoms. The van der Waals surface area contributed by atoms with Crippen LogP contribution >= 0.6 is 35.0 Å². The van der Waals surface area contributed by atoms with Crippen molar-refractivity contribution in [3.8, 4) is 0 Å². The number of nitrogens with zero attached hydrogens (tertiary/aromatic N) is 2. The normalized spacial score (nSPS) is 12.0. The van der Waals surface area contributed by atoms with Crippen LogP contribution in [0.25, 0.3) is 10.8 Å². The summed E-state index contributed by atoms with van der Waals surface area (Å²) in [6, 6.07) is 17.9. The number of carbonyl (C=O) groups is 2. The van der Waals surface area contributed by atoms with Gasteiger partial charge in [0.15, 0.2) is 0 Å². The number of fused-ring (bicyclic) bond motifs is 1. The van der Waals surface area contributed by atoms with Crippen LogP contribution in [0.1, 0.15) is 36.1 Å². The molecule has 35 heavy (non-hydrogen) atoms. The van der Waals surface area contributed by atoms with Crippen LogP contribution in [0.2, 0.25) is 10.0 Å². The van der Waals surface area contributed by atoms with E-state index in [1.165, 1.54) is 17.8 Å². The highest BCUT2D eigenvalue weighted by Crippen LogP contribution is 2.26. The molecular weight excluding hydrogens is 505 g/mol. The molecule has 1 atom stereocenters. The molecule has 10 heteroatoms. The summed E-state index contributed by atoms with van der Waals surface area (Å²) >= 11 is 13.3. The van der Waals surface area contributed by atoms with Gasteiger partial charge in [-0.1, -0.05) is 85.2 Å². The first-order valence-corrected chi connectivity index (χ1v) is 12.6. The molecule has 0 aliphatic carbocycles. The Labute approximate surface area is 217 Å². The molecule has 2 amide bonds. The first-order chi connectivity index (χ1) is 16.8. The third kappa shape index (κ3) is 6.14. The van der Waals surface area contributed by atoms with Gasteiger partial charge in [0.25, 0.3) is 5.91 Å². The van der Waals surface area contributed by atoms with E-state index in [9.17, 15) is 9.59 Å². The quantitative estimate of drug-likeness (QED) is 0.239. The van der Waals surface area contributed by atoms with Crippen molar-refractivity contribution in [1.29, 1.82) is 0 Å². The minimum Gasteiger partial charge on any atom is -0.342 e. The van der Waals surface area contributed by atoms with Crippen LogP contribution in [0, 0.1) is 5.92 Å². The van der Waals surface area contributed by atoms with E-state index >= 15 is 0 Å². The Balaban J connectivity index is 1.39. The van der Waals surface area contributed by atoms with Gasteiger partial charge < -0.3 is 10.6 Å². The molecular formula is C25H23Cl2N5O2S. The number of carbonyl (C=O) groups excluding carboxylic acids is 2. The highest BCUT2D eigenvalue weighted by molar-refractivity contribution is 7.99. The van der Waals surface area contributed by atoms with E-state index in [4.69, 9.17) is 23.2 Å². The van der Waals surface area contributed by atoms with Gasteiger partial charge in [-0.25, -0.2) is 4.98 Å². The fraction of sp³-hybridized carbons (Fsp3) is 0.200. The number of rotatable bonds is 8. The van der Waals surface area contributed by atoms with Crippen molar-refractivity contribution in [2.24, 2.45) is 5.92 Å². The number of hydrogen-bond donors (Lipinski definition) is 3. The van der Waals surface area contributed by atoms with Crippen LogP contribution in [0.15, 0.2) is 65.8 Å². The Kier molecular flexibility index (Phi) is 7.95. The van der Waals surface area contributed by atoms with E-state index in [0.717, 1.165) is 16.5 Å². The third-order valence-electron chi connectivity index (χ3n) is 5.30. The predicted molar refractivity (Wildman–Crippen MR) is 141 cm³/mol. The summed E-state index contributed by atoms with van der Waals surface area (Å²) in [4.78, 5) is 29.8. The molecule has 0 saturated carbocycles. The Morgan fingerprint density at radius 3 is 2.60 bits per heavy atom. The third-order valence-corrected chi connectivity index (χ3v) is 6.70. The fourth-order valence-corrected chi connectivity index (χ4v) is 4.66. The fourth-order valence-electron chi connectivity index (χ4n) is 3.56. The topological polar surface area (TPSA) is 99.8 Å². The van der Waals surface area contributed by atoms with Gasteiger partial charge >= 0.3 is 0 Å². The van der Waals surface area contributed by atoms with Crippen LogP contribution in [0.3, 0.4) is 0 Å². The summed E-state index contributed by atoms with van der Waals surface area (Å²) in [6.07, 6.45) is 0. The molecule has 4 aromatic rings. The lowest BCUT2D eigenvalue weighted by Gasteiger charge is -2.20. The molecule has 7 nitrogen and oxygen atoms in total. The van der Waals surface area contributed by atoms with Gasteiger partial charge in [0.05, 0.1) is 22.4 Å². The number of anilines is 1. The number of nitrogens with one attached hydrogen (secondary N) is 3. The van der Waals surface area contributed by atoms with E-state index in [0.29, 0.717) is 21.6 Å². The zero-order chi connectivity index (χ0) is 24.9. The maximum Gasteiger partial charge on any atom is 0.253 e. The van der Waals surface area contributed by atoms with Crippen LogP contribution in [0.4, 0.5) is 5.69 Å². The summed E-state index contributed by atoms with van der Waals surface area (Å²) in [5.74, 6) is 0.148. The molecule has 0 spiro atoms. The average molecular weight is 528 g/mol. The van der Waals surface area contributed by atoms with Crippen molar-refractivity contribution in [3.05, 3.63) is 82.1 Å². The Morgan fingerprint density at radius 1 is 1.06 bits per heavy atom. The van der Waals surface area contributed by atoms with Crippen molar-refractivity contribution < 1.29 is 9.59 Å². The van der Waals surface area contributed by atoms with Gasteiger partial charge in [0.2, 0.25) is 11.1 Å². The van der Waals surface area contributed by atoms with Crippen molar-refractivity contribution in [2.45, 2.75) is 25.0 Å². The van der Waals surface area contributed by atoms with E-state index < -0.39 is 6.04 Å². The van der Waals surface area contributed by atoms with Gasteiger partial charge in [0.1, 0.15) is 5.82 Å². The molecule has 3 aromatic carbocycles. The summed E-state index contributed by atoms with van der Waals surface area (Å²) in [7, 11) is 0. The SMILES string of the molecule is CC(C)[C@H](NC(=O)c1ccc(Cl)cc1Cl)c1nc(SCC(=O)Nc2cccc3ccccc23)n[nH]1. The molecule has 0 aliphatic heterocycles. The summed E-state index contributed by atoms with van der Waals surface area (Å²) in [5.41, 5.74) is 1.08. The number of amides is 2. The summed E-state index contributed by atoms with van der Waals surface area (Å²) in [5, 5.41) is 16.2. The average Bonchev–Trinajstić information content (AvgIpc) is 3.30. The standard InChI is InChI=1S/C25H23Cl2N5O2S/c1-14(2)22(29-24(34)18-11-10-16(26)12-19(18)27)23-30-25(32-31-23)35-13-21(33)28-20-9-5-7-15-6-3-4-8-17(15)20/h3-12,14,22H,13H2,1-2H3,(H,28,33)(H,29,34)(H,30,31,32)/t22-/m0/s1. The Morgan fingerprint density at radius 2 is 1.83 bits per heavy atom. The van der Waals surface area contributed by atoms with Gasteiger partial charge in [-0.15, -0.1) is 5.10 Å². The monoisotopic (exact) mass is 527 g/mol. The number of aromatic amines is 1. The lowest BCUT2D eigenvalue weighted by molar-refractivity contribution is -0.113. The van der Waals surface area contributed by atoms with E-state index in [1.54, 1.807) is 12.1 Å². The van der Waals surface area contributed by atoms with E-state index in [2.05, 4.69) is 25.8 Å². The number of H-pyrrole nitrogens is 1. The number of thioether (sulfide) groups is 1. The number of aromatic nitrogens is 3. The maximum absolute atomic E-state index is 12.8. The second-order valence-electron chi connectivity index (χ2n) is 8.19. The molecule has 0 unspecified atom stereocenters. The van der Waals surface area contributed by atoms with Crippen molar-refractivity contribution in [2.75, 3.05) is 11.1 Å². The van der Waals surface area contributed by atoms with Gasteiger partial charge in [-0.3, -0.25) is 14.7 Å². The second-order valence-corrected chi connectivity index (χ2v) is 9.97. The largest absolute Gasteiger partial charge is 0.342 e.